The summed E-state index contributed by atoms with van der Waals surface area (Å²) in [5.41, 5.74) is 7.95. The quantitative estimate of drug-likeness (QED) is 0.115. The van der Waals surface area contributed by atoms with Crippen molar-refractivity contribution in [2.24, 2.45) is 5.73 Å². The second kappa shape index (κ2) is 14.9. The summed E-state index contributed by atoms with van der Waals surface area (Å²) in [4.78, 5) is 45.0. The number of halogens is 2. The van der Waals surface area contributed by atoms with E-state index < -0.39 is 29.7 Å². The minimum absolute atomic E-state index is 0.00416. The van der Waals surface area contributed by atoms with Gasteiger partial charge in [-0.05, 0) is 61.7 Å². The van der Waals surface area contributed by atoms with Crippen LogP contribution in [0.3, 0.4) is 0 Å². The van der Waals surface area contributed by atoms with E-state index in [1.807, 2.05) is 6.92 Å². The Kier molecular flexibility index (Phi) is 10.8. The molecule has 0 saturated carbocycles. The fourth-order valence-corrected chi connectivity index (χ4v) is 4.74. The van der Waals surface area contributed by atoms with Gasteiger partial charge in [-0.3, -0.25) is 14.0 Å². The first-order chi connectivity index (χ1) is 21.7. The van der Waals surface area contributed by atoms with Gasteiger partial charge < -0.3 is 36.8 Å². The van der Waals surface area contributed by atoms with Crippen LogP contribution >= 0.6 is 0 Å². The number of aromatic nitrogens is 3. The van der Waals surface area contributed by atoms with Gasteiger partial charge in [-0.1, -0.05) is 6.92 Å². The first-order valence-electron chi connectivity index (χ1n) is 14.2. The van der Waals surface area contributed by atoms with Gasteiger partial charge in [0, 0.05) is 42.3 Å². The van der Waals surface area contributed by atoms with Crippen LogP contribution in [0.1, 0.15) is 35.7 Å². The number of carbonyl (C=O) groups is 3. The average molecular weight is 625 g/mol. The first kappa shape index (κ1) is 32.6. The normalized spacial score (nSPS) is 11.6. The molecule has 3 amide bonds. The van der Waals surface area contributed by atoms with Crippen LogP contribution in [0, 0.1) is 11.6 Å². The number of imidazole rings is 1. The molecule has 2 aromatic carbocycles. The van der Waals surface area contributed by atoms with Crippen molar-refractivity contribution >= 4 is 35.1 Å². The Balaban J connectivity index is 1.43. The smallest absolute Gasteiger partial charge is 0.405 e. The molecule has 0 fully saturated rings. The third-order valence-corrected chi connectivity index (χ3v) is 6.99. The number of hydrogen-bond donors (Lipinski definition) is 6. The van der Waals surface area contributed by atoms with E-state index in [0.29, 0.717) is 47.8 Å². The summed E-state index contributed by atoms with van der Waals surface area (Å²) in [5.74, 6) is -2.86. The minimum Gasteiger partial charge on any atom is -0.494 e. The number of nitrogens with zero attached hydrogens (tertiary/aromatic N) is 3. The molecule has 0 saturated heterocycles. The highest BCUT2D eigenvalue weighted by molar-refractivity contribution is 5.96. The summed E-state index contributed by atoms with van der Waals surface area (Å²) in [7, 11) is 1.26. The molecular formula is C30H34F2N8O5. The number of ether oxygens (including phenoxy) is 1. The molecule has 2 heterocycles. The second-order valence-electron chi connectivity index (χ2n) is 9.89. The molecule has 2 aromatic heterocycles. The number of carbonyl (C=O) groups excluding carboxylic acids is 2. The molecule has 13 nitrogen and oxygen atoms in total. The molecule has 1 unspecified atom stereocenters. The van der Waals surface area contributed by atoms with E-state index in [4.69, 9.17) is 15.6 Å². The Morgan fingerprint density at radius 1 is 1.09 bits per heavy atom. The van der Waals surface area contributed by atoms with Gasteiger partial charge >= 0.3 is 6.09 Å². The summed E-state index contributed by atoms with van der Waals surface area (Å²) in [6, 6.07) is 6.96. The van der Waals surface area contributed by atoms with Crippen LogP contribution in [0.4, 0.5) is 25.1 Å². The van der Waals surface area contributed by atoms with Crippen molar-refractivity contribution in [2.45, 2.75) is 32.2 Å². The molecule has 0 bridgehead atoms. The highest BCUT2D eigenvalue weighted by atomic mass is 19.2. The second-order valence-corrected chi connectivity index (χ2v) is 9.89. The third kappa shape index (κ3) is 7.62. The lowest BCUT2D eigenvalue weighted by atomic mass is 10.0. The molecule has 45 heavy (non-hydrogen) atoms. The van der Waals surface area contributed by atoms with Gasteiger partial charge in [0.15, 0.2) is 23.0 Å². The fraction of sp³-hybridized carbons (Fsp3) is 0.300. The van der Waals surface area contributed by atoms with Crippen molar-refractivity contribution in [3.8, 4) is 17.0 Å². The van der Waals surface area contributed by atoms with Crippen molar-refractivity contribution in [2.75, 3.05) is 32.1 Å². The molecule has 7 N–H and O–H groups in total. The largest absolute Gasteiger partial charge is 0.494 e. The maximum Gasteiger partial charge on any atom is 0.405 e. The number of amides is 3. The van der Waals surface area contributed by atoms with Crippen LogP contribution in [-0.4, -0.2) is 70.2 Å². The van der Waals surface area contributed by atoms with E-state index >= 15 is 0 Å². The SMILES string of the molecule is CCc1cc(Nc2nccn3c(-c4ccc(OC)c(F)c4F)cnc23)ccc1C(=O)NCCNC(=O)C(CCCN)NC(=O)O. The number of benzene rings is 2. The number of methoxy groups -OCH3 is 1. The van der Waals surface area contributed by atoms with Crippen molar-refractivity contribution in [1.82, 2.24) is 30.3 Å². The van der Waals surface area contributed by atoms with E-state index in [1.165, 1.54) is 31.6 Å². The lowest BCUT2D eigenvalue weighted by Gasteiger charge is -2.17. The summed E-state index contributed by atoms with van der Waals surface area (Å²) < 4.78 is 35.6. The Hall–Kier alpha value is -5.31. The lowest BCUT2D eigenvalue weighted by Crippen LogP contribution is -2.48. The maximum absolute atomic E-state index is 14.8. The zero-order chi connectivity index (χ0) is 32.5. The zero-order valence-electron chi connectivity index (χ0n) is 24.7. The molecule has 15 heteroatoms. The van der Waals surface area contributed by atoms with E-state index in [-0.39, 0.29) is 36.7 Å². The number of rotatable bonds is 14. The van der Waals surface area contributed by atoms with Gasteiger partial charge in [0.05, 0.1) is 19.0 Å². The number of aryl methyl sites for hydroxylation is 1. The number of hydrogen-bond acceptors (Lipinski definition) is 8. The number of carboxylic acid groups (broad SMARTS) is 1. The Morgan fingerprint density at radius 2 is 1.87 bits per heavy atom. The van der Waals surface area contributed by atoms with Crippen LogP contribution < -0.4 is 31.7 Å². The lowest BCUT2D eigenvalue weighted by molar-refractivity contribution is -0.123. The summed E-state index contributed by atoms with van der Waals surface area (Å²) >= 11 is 0. The molecule has 1 atom stereocenters. The predicted molar refractivity (Wildman–Crippen MR) is 163 cm³/mol. The molecule has 238 valence electrons. The molecular weight excluding hydrogens is 590 g/mol. The number of nitrogens with two attached hydrogens (primary N) is 1. The minimum atomic E-state index is -1.31. The number of nitrogens with one attached hydrogen (secondary N) is 4. The van der Waals surface area contributed by atoms with E-state index in [9.17, 15) is 23.2 Å². The topological polar surface area (TPSA) is 185 Å². The van der Waals surface area contributed by atoms with E-state index in [0.717, 1.165) is 5.56 Å². The van der Waals surface area contributed by atoms with Crippen molar-refractivity contribution in [3.05, 3.63) is 71.7 Å². The molecule has 4 aromatic rings. The van der Waals surface area contributed by atoms with E-state index in [2.05, 4.69) is 31.2 Å². The Labute approximate surface area is 257 Å². The van der Waals surface area contributed by atoms with Crippen molar-refractivity contribution < 1.29 is 33.0 Å². The molecule has 0 aliphatic heterocycles. The summed E-state index contributed by atoms with van der Waals surface area (Å²) in [6.45, 7) is 2.44. The van der Waals surface area contributed by atoms with Crippen molar-refractivity contribution in [1.29, 1.82) is 0 Å². The Morgan fingerprint density at radius 3 is 2.58 bits per heavy atom. The van der Waals surface area contributed by atoms with Crippen LogP contribution in [0.25, 0.3) is 16.9 Å². The Bertz CT molecular complexity index is 1700. The molecule has 4 rings (SSSR count). The first-order valence-corrected chi connectivity index (χ1v) is 14.2. The van der Waals surface area contributed by atoms with Crippen LogP contribution in [0.5, 0.6) is 5.75 Å². The van der Waals surface area contributed by atoms with Crippen molar-refractivity contribution in [3.63, 3.8) is 0 Å². The maximum atomic E-state index is 14.8. The van der Waals surface area contributed by atoms with Gasteiger partial charge in [0.25, 0.3) is 5.91 Å². The van der Waals surface area contributed by atoms with Gasteiger partial charge in [-0.15, -0.1) is 0 Å². The van der Waals surface area contributed by atoms with Gasteiger partial charge in [-0.2, -0.15) is 4.39 Å². The molecule has 0 aliphatic carbocycles. The zero-order valence-corrected chi connectivity index (χ0v) is 24.7. The fourth-order valence-electron chi connectivity index (χ4n) is 4.74. The highest BCUT2D eigenvalue weighted by Crippen LogP contribution is 2.31. The van der Waals surface area contributed by atoms with Crippen LogP contribution in [0.15, 0.2) is 48.9 Å². The standard InChI is InChI=1S/C30H34F2N8O5/c1-3-17-15-18(6-7-19(17)28(41)35-11-12-36-29(42)21(5-4-10-33)39-30(43)44)38-26-27-37-16-22(40(27)14-13-34-26)20-8-9-23(45-2)25(32)24(20)31/h6-9,13-16,21,39H,3-5,10-12,33H2,1-2H3,(H,34,38)(H,35,41)(H,36,42)(H,43,44). The van der Waals surface area contributed by atoms with E-state index in [1.54, 1.807) is 28.8 Å². The monoisotopic (exact) mass is 624 g/mol. The predicted octanol–water partition coefficient (Wildman–Crippen LogP) is 3.21. The third-order valence-electron chi connectivity index (χ3n) is 6.99. The number of anilines is 2. The highest BCUT2D eigenvalue weighted by Gasteiger charge is 2.21. The molecule has 0 spiro atoms. The molecule has 0 aliphatic rings. The van der Waals surface area contributed by atoms with Gasteiger partial charge in [0.1, 0.15) is 6.04 Å². The number of fused-ring (bicyclic) bond motifs is 1. The van der Waals surface area contributed by atoms with Crippen LogP contribution in [-0.2, 0) is 11.2 Å². The van der Waals surface area contributed by atoms with Crippen LogP contribution in [0.2, 0.25) is 0 Å². The average Bonchev–Trinajstić information content (AvgIpc) is 3.47. The molecule has 0 radical (unpaired) electrons. The summed E-state index contributed by atoms with van der Waals surface area (Å²) in [5, 5.41) is 19.7. The van der Waals surface area contributed by atoms with Gasteiger partial charge in [-0.25, -0.2) is 19.2 Å². The summed E-state index contributed by atoms with van der Waals surface area (Å²) in [6.07, 6.45) is 4.45. The van der Waals surface area contributed by atoms with Gasteiger partial charge in [0.2, 0.25) is 11.7 Å².